The number of aromatic amines is 1. The van der Waals surface area contributed by atoms with E-state index < -0.39 is 22.1 Å². The first-order valence-electron chi connectivity index (χ1n) is 5.20. The number of hydrogen-bond donors (Lipinski definition) is 1. The lowest BCUT2D eigenvalue weighted by molar-refractivity contribution is -0.385. The van der Waals surface area contributed by atoms with Crippen LogP contribution in [-0.4, -0.2) is 36.1 Å². The van der Waals surface area contributed by atoms with Crippen LogP contribution in [0.4, 0.5) is 11.4 Å². The van der Waals surface area contributed by atoms with Gasteiger partial charge in [-0.3, -0.25) is 19.7 Å². The number of pyridine rings is 1. The fourth-order valence-electron chi connectivity index (χ4n) is 1.43. The second-order valence-electron chi connectivity index (χ2n) is 3.46. The third-order valence-electron chi connectivity index (χ3n) is 2.18. The average Bonchev–Trinajstić information content (AvgIpc) is 2.28. The lowest BCUT2D eigenvalue weighted by Gasteiger charge is -2.17. The molecule has 1 aromatic heterocycles. The molecule has 0 radical (unpaired) electrons. The number of hydrogen-bond acceptors (Lipinski definition) is 6. The molecule has 0 unspecified atom stereocenters. The summed E-state index contributed by atoms with van der Waals surface area (Å²) in [6, 6.07) is 1.36. The zero-order valence-electron chi connectivity index (χ0n) is 10.0. The molecule has 0 bridgehead atoms. The summed E-state index contributed by atoms with van der Waals surface area (Å²) in [7, 11) is 1.47. The van der Waals surface area contributed by atoms with E-state index in [2.05, 4.69) is 4.98 Å². The van der Waals surface area contributed by atoms with E-state index in [0.717, 1.165) is 0 Å². The standard InChI is InChI=1S/C10H13N3O5/c1-3-18-8(14)6-12(2)7-4-5-11-10(15)9(7)13(16)17/h4-5H,3,6H2,1-2H3,(H,11,15). The molecule has 18 heavy (non-hydrogen) atoms. The van der Waals surface area contributed by atoms with Crippen molar-refractivity contribution in [2.24, 2.45) is 0 Å². The van der Waals surface area contributed by atoms with E-state index in [4.69, 9.17) is 4.74 Å². The van der Waals surface area contributed by atoms with Crippen LogP contribution in [0.25, 0.3) is 0 Å². The Kier molecular flexibility index (Phi) is 4.41. The highest BCUT2D eigenvalue weighted by Gasteiger charge is 2.22. The minimum Gasteiger partial charge on any atom is -0.465 e. The highest BCUT2D eigenvalue weighted by atomic mass is 16.6. The zero-order chi connectivity index (χ0) is 13.7. The molecule has 0 aliphatic heterocycles. The van der Waals surface area contributed by atoms with Crippen LogP contribution in [0.1, 0.15) is 6.92 Å². The summed E-state index contributed by atoms with van der Waals surface area (Å²) in [5.41, 5.74) is -1.34. The molecule has 0 amide bonds. The smallest absolute Gasteiger partial charge is 0.356 e. The summed E-state index contributed by atoms with van der Waals surface area (Å²) in [6.07, 6.45) is 1.28. The molecular formula is C10H13N3O5. The van der Waals surface area contributed by atoms with E-state index >= 15 is 0 Å². The van der Waals surface area contributed by atoms with Gasteiger partial charge in [0.05, 0.1) is 11.5 Å². The van der Waals surface area contributed by atoms with Crippen LogP contribution in [0.5, 0.6) is 0 Å². The first-order chi connectivity index (χ1) is 8.47. The third kappa shape index (κ3) is 3.06. The molecule has 0 spiro atoms. The van der Waals surface area contributed by atoms with Crippen LogP contribution in [0.3, 0.4) is 0 Å². The summed E-state index contributed by atoms with van der Waals surface area (Å²) in [6.45, 7) is 1.72. The number of H-pyrrole nitrogens is 1. The Morgan fingerprint density at radius 1 is 1.61 bits per heavy atom. The van der Waals surface area contributed by atoms with Gasteiger partial charge >= 0.3 is 17.2 Å². The molecule has 0 saturated carbocycles. The van der Waals surface area contributed by atoms with Crippen LogP contribution in [-0.2, 0) is 9.53 Å². The number of likely N-dealkylation sites (N-methyl/N-ethyl adjacent to an activating group) is 1. The number of carbonyl (C=O) groups is 1. The average molecular weight is 255 g/mol. The SMILES string of the molecule is CCOC(=O)CN(C)c1cc[nH]c(=O)c1[N+](=O)[O-]. The summed E-state index contributed by atoms with van der Waals surface area (Å²) in [4.78, 5) is 36.2. The lowest BCUT2D eigenvalue weighted by atomic mass is 10.3. The van der Waals surface area contributed by atoms with Crippen LogP contribution < -0.4 is 10.5 Å². The number of anilines is 1. The van der Waals surface area contributed by atoms with Crippen LogP contribution in [0.2, 0.25) is 0 Å². The van der Waals surface area contributed by atoms with Crippen molar-refractivity contribution in [1.29, 1.82) is 0 Å². The van der Waals surface area contributed by atoms with Gasteiger partial charge in [-0.1, -0.05) is 0 Å². The molecule has 1 aromatic rings. The van der Waals surface area contributed by atoms with Crippen molar-refractivity contribution in [2.75, 3.05) is 25.1 Å². The van der Waals surface area contributed by atoms with E-state index in [-0.39, 0.29) is 18.8 Å². The highest BCUT2D eigenvalue weighted by molar-refractivity contribution is 5.77. The normalized spacial score (nSPS) is 9.89. The molecule has 0 aliphatic rings. The molecule has 1 heterocycles. The Hall–Kier alpha value is -2.38. The van der Waals surface area contributed by atoms with Gasteiger partial charge in [0.15, 0.2) is 0 Å². The van der Waals surface area contributed by atoms with Gasteiger partial charge < -0.3 is 14.6 Å². The fraction of sp³-hybridized carbons (Fsp3) is 0.400. The van der Waals surface area contributed by atoms with Gasteiger partial charge in [0.2, 0.25) is 0 Å². The monoisotopic (exact) mass is 255 g/mol. The molecule has 0 saturated heterocycles. The quantitative estimate of drug-likeness (QED) is 0.460. The molecule has 8 nitrogen and oxygen atoms in total. The predicted molar refractivity (Wildman–Crippen MR) is 63.6 cm³/mol. The van der Waals surface area contributed by atoms with Gasteiger partial charge in [-0.15, -0.1) is 0 Å². The van der Waals surface area contributed by atoms with Crippen LogP contribution in [0, 0.1) is 10.1 Å². The largest absolute Gasteiger partial charge is 0.465 e. The molecule has 8 heteroatoms. The van der Waals surface area contributed by atoms with E-state index in [1.807, 2.05) is 0 Å². The molecule has 0 aromatic carbocycles. The summed E-state index contributed by atoms with van der Waals surface area (Å²) in [5, 5.41) is 10.8. The minimum absolute atomic E-state index is 0.0665. The summed E-state index contributed by atoms with van der Waals surface area (Å²) in [5.74, 6) is -0.519. The number of carbonyl (C=O) groups excluding carboxylic acids is 1. The van der Waals surface area contributed by atoms with E-state index in [0.29, 0.717) is 0 Å². The molecule has 0 atom stereocenters. The van der Waals surface area contributed by atoms with Gasteiger partial charge in [-0.2, -0.15) is 0 Å². The van der Waals surface area contributed by atoms with Crippen molar-refractivity contribution in [2.45, 2.75) is 6.92 Å². The number of rotatable bonds is 5. The predicted octanol–water partition coefficient (Wildman–Crippen LogP) is 0.282. The summed E-state index contributed by atoms with van der Waals surface area (Å²) >= 11 is 0. The number of nitrogens with zero attached hydrogens (tertiary/aromatic N) is 2. The number of nitrogens with one attached hydrogen (secondary N) is 1. The second-order valence-corrected chi connectivity index (χ2v) is 3.46. The third-order valence-corrected chi connectivity index (χ3v) is 2.18. The number of nitro groups is 1. The van der Waals surface area contributed by atoms with Gasteiger partial charge in [0.1, 0.15) is 12.2 Å². The topological polar surface area (TPSA) is 106 Å². The first-order valence-corrected chi connectivity index (χ1v) is 5.20. The van der Waals surface area contributed by atoms with Crippen molar-refractivity contribution in [1.82, 2.24) is 4.98 Å². The maximum Gasteiger partial charge on any atom is 0.356 e. The number of aromatic nitrogens is 1. The van der Waals surface area contributed by atoms with Gasteiger partial charge in [-0.25, -0.2) is 0 Å². The van der Waals surface area contributed by atoms with E-state index in [9.17, 15) is 19.7 Å². The van der Waals surface area contributed by atoms with Crippen LogP contribution >= 0.6 is 0 Å². The molecule has 1 N–H and O–H groups in total. The Morgan fingerprint density at radius 2 is 2.28 bits per heavy atom. The molecular weight excluding hydrogens is 242 g/mol. The Labute approximate surface area is 102 Å². The van der Waals surface area contributed by atoms with Crippen molar-refractivity contribution in [3.05, 3.63) is 32.7 Å². The van der Waals surface area contributed by atoms with Gasteiger partial charge in [0.25, 0.3) is 0 Å². The van der Waals surface area contributed by atoms with Crippen molar-refractivity contribution < 1.29 is 14.5 Å². The van der Waals surface area contributed by atoms with Gasteiger partial charge in [0, 0.05) is 13.2 Å². The van der Waals surface area contributed by atoms with Crippen molar-refractivity contribution in [3.63, 3.8) is 0 Å². The number of ether oxygens (including phenoxy) is 1. The lowest BCUT2D eigenvalue weighted by Crippen LogP contribution is -2.29. The van der Waals surface area contributed by atoms with E-state index in [1.54, 1.807) is 6.92 Å². The maximum atomic E-state index is 11.4. The van der Waals surface area contributed by atoms with E-state index in [1.165, 1.54) is 24.2 Å². The molecule has 0 fully saturated rings. The number of esters is 1. The Balaban J connectivity index is 3.02. The van der Waals surface area contributed by atoms with Crippen molar-refractivity contribution in [3.8, 4) is 0 Å². The minimum atomic E-state index is -0.812. The Morgan fingerprint density at radius 3 is 2.83 bits per heavy atom. The maximum absolute atomic E-state index is 11.4. The van der Waals surface area contributed by atoms with Crippen molar-refractivity contribution >= 4 is 17.3 Å². The Bertz CT molecular complexity index is 510. The van der Waals surface area contributed by atoms with Gasteiger partial charge in [-0.05, 0) is 13.0 Å². The summed E-state index contributed by atoms with van der Waals surface area (Å²) < 4.78 is 4.73. The molecule has 1 rings (SSSR count). The molecule has 98 valence electrons. The first kappa shape index (κ1) is 13.7. The fourth-order valence-corrected chi connectivity index (χ4v) is 1.43. The van der Waals surface area contributed by atoms with Crippen LogP contribution in [0.15, 0.2) is 17.1 Å². The highest BCUT2D eigenvalue weighted by Crippen LogP contribution is 2.21. The zero-order valence-corrected chi connectivity index (χ0v) is 10.0. The molecule has 0 aliphatic carbocycles. The second kappa shape index (κ2) is 5.80.